The molecule has 0 aliphatic carbocycles. The molecule has 9 nitrogen and oxygen atoms in total. The van der Waals surface area contributed by atoms with E-state index in [4.69, 9.17) is 4.74 Å². The zero-order chi connectivity index (χ0) is 21.4. The molecule has 3 amide bonds. The molecular weight excluding hydrogens is 384 g/mol. The monoisotopic (exact) mass is 414 g/mol. The van der Waals surface area contributed by atoms with Gasteiger partial charge in [-0.05, 0) is 26.3 Å². The van der Waals surface area contributed by atoms with Crippen LogP contribution in [0.5, 0.6) is 0 Å². The lowest BCUT2D eigenvalue weighted by Crippen LogP contribution is -2.66. The molecule has 2 saturated heterocycles. The van der Waals surface area contributed by atoms with E-state index in [1.54, 1.807) is 11.9 Å². The maximum atomic E-state index is 13.5. The highest BCUT2D eigenvalue weighted by Crippen LogP contribution is 2.30. The van der Waals surface area contributed by atoms with Crippen molar-refractivity contribution in [2.45, 2.75) is 45.8 Å². The molecule has 0 bridgehead atoms. The fourth-order valence-corrected chi connectivity index (χ4v) is 4.46. The van der Waals surface area contributed by atoms with Crippen molar-refractivity contribution in [2.75, 3.05) is 33.4 Å². The topological polar surface area (TPSA) is 80.7 Å². The van der Waals surface area contributed by atoms with Gasteiger partial charge in [-0.3, -0.25) is 20.0 Å². The number of likely N-dealkylation sites (N-methyl/N-ethyl adjacent to an activating group) is 1. The van der Waals surface area contributed by atoms with Crippen LogP contribution in [-0.2, 0) is 16.1 Å². The van der Waals surface area contributed by atoms with Gasteiger partial charge in [0.1, 0.15) is 12.2 Å². The molecule has 3 aliphatic heterocycles. The number of urea groups is 1. The van der Waals surface area contributed by atoms with E-state index in [9.17, 15) is 9.59 Å². The Morgan fingerprint density at radius 1 is 1.27 bits per heavy atom. The highest BCUT2D eigenvalue weighted by Gasteiger charge is 2.56. The summed E-state index contributed by atoms with van der Waals surface area (Å²) in [6, 6.07) is 7.17. The van der Waals surface area contributed by atoms with Crippen LogP contribution in [-0.4, -0.2) is 89.2 Å². The average Bonchev–Trinajstić information content (AvgIpc) is 3.09. The first-order valence-corrected chi connectivity index (χ1v) is 10.4. The van der Waals surface area contributed by atoms with Crippen molar-refractivity contribution in [1.82, 2.24) is 25.0 Å². The molecule has 1 aromatic rings. The number of nitrogens with zero attached hydrogens (tertiary/aromatic N) is 5. The first kappa shape index (κ1) is 20.8. The second kappa shape index (κ2) is 8.33. The molecule has 30 heavy (non-hydrogen) atoms. The predicted molar refractivity (Wildman–Crippen MR) is 112 cm³/mol. The molecular formula is C21H30N6O3. The number of hydrogen-bond acceptors (Lipinski definition) is 7. The number of carbonyl (C=O) groups excluding carboxylic acids is 2. The number of hydrogen-bond donors (Lipinski definition) is 1. The zero-order valence-corrected chi connectivity index (χ0v) is 18.0. The Kier molecular flexibility index (Phi) is 5.77. The highest BCUT2D eigenvalue weighted by atomic mass is 16.5. The fraction of sp³-hybridized carbons (Fsp3) is 0.571. The molecule has 3 atom stereocenters. The molecule has 1 aromatic carbocycles. The van der Waals surface area contributed by atoms with E-state index in [1.807, 2.05) is 50.0 Å². The van der Waals surface area contributed by atoms with Crippen LogP contribution in [0.4, 0.5) is 4.79 Å². The standard InChI is InChI=1S/C21H30N6O3/c1-5-30-10-9-27-20-22-18-17(25(20)12-15(3)23-27)19(28)26(21(29)24(18)4)13-16-8-6-7-14(2)11-16/h6-8,11,17-18,20,22H,5,9-10,12-13H2,1-4H3. The second-order valence-electron chi connectivity index (χ2n) is 8.10. The Morgan fingerprint density at radius 2 is 2.07 bits per heavy atom. The number of rotatable bonds is 6. The number of carbonyl (C=O) groups is 2. The third-order valence-electron chi connectivity index (χ3n) is 5.84. The molecule has 1 N–H and O–H groups in total. The minimum atomic E-state index is -0.456. The van der Waals surface area contributed by atoms with E-state index >= 15 is 0 Å². The van der Waals surface area contributed by atoms with E-state index in [0.29, 0.717) is 26.3 Å². The van der Waals surface area contributed by atoms with Gasteiger partial charge >= 0.3 is 6.03 Å². The van der Waals surface area contributed by atoms with Crippen LogP contribution < -0.4 is 5.32 Å². The van der Waals surface area contributed by atoms with Crippen molar-refractivity contribution >= 4 is 17.6 Å². The molecule has 3 aliphatic rings. The Bertz CT molecular complexity index is 859. The number of aryl methyl sites for hydroxylation is 1. The van der Waals surface area contributed by atoms with Crippen molar-refractivity contribution < 1.29 is 14.3 Å². The van der Waals surface area contributed by atoms with Crippen LogP contribution in [0.25, 0.3) is 0 Å². The first-order chi connectivity index (χ1) is 14.4. The van der Waals surface area contributed by atoms with Gasteiger partial charge in [-0.2, -0.15) is 5.10 Å². The largest absolute Gasteiger partial charge is 0.380 e. The van der Waals surface area contributed by atoms with E-state index in [2.05, 4.69) is 15.3 Å². The Balaban J connectivity index is 1.58. The summed E-state index contributed by atoms with van der Waals surface area (Å²) in [5.41, 5.74) is 2.98. The quantitative estimate of drug-likeness (QED) is 0.700. The van der Waals surface area contributed by atoms with Crippen molar-refractivity contribution in [2.24, 2.45) is 5.10 Å². The molecule has 162 valence electrons. The number of hydrazone groups is 1. The predicted octanol–water partition coefficient (Wildman–Crippen LogP) is 1.00. The van der Waals surface area contributed by atoms with Crippen LogP contribution >= 0.6 is 0 Å². The fourth-order valence-electron chi connectivity index (χ4n) is 4.46. The van der Waals surface area contributed by atoms with Gasteiger partial charge in [-0.25, -0.2) is 9.69 Å². The number of ether oxygens (including phenoxy) is 1. The average molecular weight is 415 g/mol. The van der Waals surface area contributed by atoms with Gasteiger partial charge in [0.05, 0.1) is 19.7 Å². The summed E-state index contributed by atoms with van der Waals surface area (Å²) < 4.78 is 5.49. The van der Waals surface area contributed by atoms with E-state index in [0.717, 1.165) is 16.8 Å². The molecule has 9 heteroatoms. The van der Waals surface area contributed by atoms with E-state index in [1.165, 1.54) is 4.90 Å². The molecule has 2 fully saturated rings. The smallest absolute Gasteiger partial charge is 0.328 e. The summed E-state index contributed by atoms with van der Waals surface area (Å²) in [7, 11) is 1.75. The van der Waals surface area contributed by atoms with Gasteiger partial charge in [0.15, 0.2) is 6.29 Å². The van der Waals surface area contributed by atoms with Crippen LogP contribution in [0.3, 0.4) is 0 Å². The Hall–Kier alpha value is -2.49. The number of imide groups is 1. The Labute approximate surface area is 177 Å². The summed E-state index contributed by atoms with van der Waals surface area (Å²) in [5, 5.41) is 10.0. The second-order valence-corrected chi connectivity index (χ2v) is 8.10. The van der Waals surface area contributed by atoms with Crippen molar-refractivity contribution in [1.29, 1.82) is 0 Å². The summed E-state index contributed by atoms with van der Waals surface area (Å²) in [6.07, 6.45) is -0.637. The minimum Gasteiger partial charge on any atom is -0.380 e. The van der Waals surface area contributed by atoms with Gasteiger partial charge in [-0.15, -0.1) is 0 Å². The molecule has 0 radical (unpaired) electrons. The van der Waals surface area contributed by atoms with Gasteiger partial charge in [0, 0.05) is 25.9 Å². The highest BCUT2D eigenvalue weighted by molar-refractivity contribution is 6.01. The molecule has 0 saturated carbocycles. The van der Waals surface area contributed by atoms with E-state index < -0.39 is 6.04 Å². The lowest BCUT2D eigenvalue weighted by atomic mass is 10.1. The molecule has 3 heterocycles. The Morgan fingerprint density at radius 3 is 2.80 bits per heavy atom. The molecule has 0 spiro atoms. The van der Waals surface area contributed by atoms with E-state index in [-0.39, 0.29) is 30.9 Å². The van der Waals surface area contributed by atoms with Crippen molar-refractivity contribution in [3.63, 3.8) is 0 Å². The molecule has 0 aromatic heterocycles. The van der Waals surface area contributed by atoms with Crippen molar-refractivity contribution in [3.05, 3.63) is 35.4 Å². The minimum absolute atomic E-state index is 0.168. The van der Waals surface area contributed by atoms with Crippen LogP contribution in [0, 0.1) is 6.92 Å². The molecule has 3 unspecified atom stereocenters. The normalized spacial score (nSPS) is 26.7. The van der Waals surface area contributed by atoms with Gasteiger partial charge in [0.25, 0.3) is 5.91 Å². The number of nitrogens with one attached hydrogen (secondary N) is 1. The van der Waals surface area contributed by atoms with Gasteiger partial charge in [0.2, 0.25) is 0 Å². The SMILES string of the molecule is CCOCCN1N=C(C)CN2C3C(=O)N(Cc4cccc(C)c4)C(=O)N(C)C3NC12. The zero-order valence-electron chi connectivity index (χ0n) is 18.0. The summed E-state index contributed by atoms with van der Waals surface area (Å²) in [4.78, 5) is 31.6. The summed E-state index contributed by atoms with van der Waals surface area (Å²) in [5.74, 6) is -0.168. The number of benzene rings is 1. The van der Waals surface area contributed by atoms with Gasteiger partial charge in [-0.1, -0.05) is 29.8 Å². The molecule has 4 rings (SSSR count). The van der Waals surface area contributed by atoms with Crippen LogP contribution in [0.1, 0.15) is 25.0 Å². The van der Waals surface area contributed by atoms with Crippen LogP contribution in [0.15, 0.2) is 29.4 Å². The van der Waals surface area contributed by atoms with Crippen molar-refractivity contribution in [3.8, 4) is 0 Å². The maximum absolute atomic E-state index is 13.5. The van der Waals surface area contributed by atoms with Crippen LogP contribution in [0.2, 0.25) is 0 Å². The summed E-state index contributed by atoms with van der Waals surface area (Å²) in [6.45, 7) is 8.58. The third-order valence-corrected chi connectivity index (χ3v) is 5.84. The van der Waals surface area contributed by atoms with Gasteiger partial charge < -0.3 is 9.64 Å². The summed E-state index contributed by atoms with van der Waals surface area (Å²) >= 11 is 0. The lowest BCUT2D eigenvalue weighted by molar-refractivity contribution is -0.139. The first-order valence-electron chi connectivity index (χ1n) is 10.4. The third kappa shape index (κ3) is 3.68. The number of fused-ring (bicyclic) bond motifs is 3. The number of amides is 3. The lowest BCUT2D eigenvalue weighted by Gasteiger charge is -2.42. The maximum Gasteiger partial charge on any atom is 0.328 e.